The third-order valence-electron chi connectivity index (χ3n) is 3.40. The van der Waals surface area contributed by atoms with Crippen LogP contribution in [-0.2, 0) is 0 Å². The number of rotatable bonds is 3. The van der Waals surface area contributed by atoms with E-state index in [2.05, 4.69) is 10.3 Å². The smallest absolute Gasteiger partial charge is 0.257 e. The first-order valence-electron chi connectivity index (χ1n) is 7.13. The zero-order chi connectivity index (χ0) is 16.4. The molecule has 3 nitrogen and oxygen atoms in total. The number of nitrogens with zero attached hydrogens (tertiary/aromatic N) is 1. The normalized spacial score (nSPS) is 10.6. The number of thiazole rings is 1. The molecule has 0 bridgehead atoms. The predicted octanol–water partition coefficient (Wildman–Crippen LogP) is 5.33. The van der Waals surface area contributed by atoms with Gasteiger partial charge in [-0.25, -0.2) is 4.98 Å². The molecule has 0 radical (unpaired) electrons. The van der Waals surface area contributed by atoms with E-state index < -0.39 is 0 Å². The van der Waals surface area contributed by atoms with Crippen molar-refractivity contribution in [2.24, 2.45) is 0 Å². The highest BCUT2D eigenvalue weighted by Crippen LogP contribution is 2.25. The first kappa shape index (κ1) is 15.7. The molecule has 0 aliphatic carbocycles. The lowest BCUT2D eigenvalue weighted by atomic mass is 10.1. The second-order valence-corrected chi connectivity index (χ2v) is 6.74. The number of hydrogen-bond acceptors (Lipinski definition) is 3. The minimum Gasteiger partial charge on any atom is -0.322 e. The van der Waals surface area contributed by atoms with Gasteiger partial charge in [-0.3, -0.25) is 4.79 Å². The van der Waals surface area contributed by atoms with Gasteiger partial charge in [0.2, 0.25) is 0 Å². The summed E-state index contributed by atoms with van der Waals surface area (Å²) >= 11 is 7.75. The molecule has 3 aromatic rings. The molecule has 23 heavy (non-hydrogen) atoms. The van der Waals surface area contributed by atoms with E-state index in [1.165, 1.54) is 0 Å². The molecule has 1 N–H and O–H groups in total. The number of amides is 1. The molecule has 0 fully saturated rings. The summed E-state index contributed by atoms with van der Waals surface area (Å²) in [6, 6.07) is 13.0. The van der Waals surface area contributed by atoms with E-state index in [4.69, 9.17) is 11.6 Å². The standard InChI is InChI=1S/C18H15ClN2OS/c1-11-6-7-15(16(19)8-11)18(22)21-14-5-3-4-13(9-14)17-10-23-12(2)20-17/h3-10H,1-2H3,(H,21,22). The average molecular weight is 343 g/mol. The topological polar surface area (TPSA) is 42.0 Å². The van der Waals surface area contributed by atoms with Gasteiger partial charge in [0.15, 0.2) is 0 Å². The molecule has 0 saturated heterocycles. The van der Waals surface area contributed by atoms with Gasteiger partial charge in [-0.1, -0.05) is 29.8 Å². The third kappa shape index (κ3) is 3.60. The van der Waals surface area contributed by atoms with Crippen LogP contribution < -0.4 is 5.32 Å². The highest BCUT2D eigenvalue weighted by Gasteiger charge is 2.11. The van der Waals surface area contributed by atoms with E-state index in [9.17, 15) is 4.79 Å². The first-order chi connectivity index (χ1) is 11.0. The van der Waals surface area contributed by atoms with Gasteiger partial charge in [-0.15, -0.1) is 11.3 Å². The highest BCUT2D eigenvalue weighted by molar-refractivity contribution is 7.09. The van der Waals surface area contributed by atoms with Crippen LogP contribution in [0, 0.1) is 13.8 Å². The Morgan fingerprint density at radius 1 is 1.17 bits per heavy atom. The van der Waals surface area contributed by atoms with E-state index in [1.54, 1.807) is 23.5 Å². The second-order valence-electron chi connectivity index (χ2n) is 5.27. The van der Waals surface area contributed by atoms with E-state index in [-0.39, 0.29) is 5.91 Å². The summed E-state index contributed by atoms with van der Waals surface area (Å²) in [6.45, 7) is 3.91. The number of halogens is 1. The van der Waals surface area contributed by atoms with E-state index in [0.29, 0.717) is 10.6 Å². The van der Waals surface area contributed by atoms with Crippen LogP contribution in [0.25, 0.3) is 11.3 Å². The van der Waals surface area contributed by atoms with Gasteiger partial charge in [0.05, 0.1) is 21.3 Å². The van der Waals surface area contributed by atoms with Crippen LogP contribution in [-0.4, -0.2) is 10.9 Å². The van der Waals surface area contributed by atoms with Crippen LogP contribution in [0.1, 0.15) is 20.9 Å². The molecule has 1 amide bonds. The summed E-state index contributed by atoms with van der Waals surface area (Å²) in [7, 11) is 0. The monoisotopic (exact) mass is 342 g/mol. The fourth-order valence-corrected chi connectivity index (χ4v) is 3.20. The van der Waals surface area contributed by atoms with Crippen molar-refractivity contribution in [3.63, 3.8) is 0 Å². The Kier molecular flexibility index (Phi) is 4.46. The lowest BCUT2D eigenvalue weighted by molar-refractivity contribution is 0.102. The number of anilines is 1. The molecule has 5 heteroatoms. The molecule has 0 spiro atoms. The SMILES string of the molecule is Cc1ccc(C(=O)Nc2cccc(-c3csc(C)n3)c2)c(Cl)c1. The zero-order valence-corrected chi connectivity index (χ0v) is 14.3. The minimum atomic E-state index is -0.221. The number of hydrogen-bond donors (Lipinski definition) is 1. The van der Waals surface area contributed by atoms with Crippen molar-refractivity contribution in [3.05, 3.63) is 69.0 Å². The Morgan fingerprint density at radius 3 is 2.70 bits per heavy atom. The number of carbonyl (C=O) groups is 1. The Bertz CT molecular complexity index is 873. The molecule has 116 valence electrons. The van der Waals surface area contributed by atoms with Gasteiger partial charge >= 0.3 is 0 Å². The highest BCUT2D eigenvalue weighted by atomic mass is 35.5. The van der Waals surface area contributed by atoms with Gasteiger partial charge in [-0.2, -0.15) is 0 Å². The second kappa shape index (κ2) is 6.52. The molecular formula is C18H15ClN2OS. The van der Waals surface area contributed by atoms with Crippen molar-refractivity contribution in [2.75, 3.05) is 5.32 Å². The van der Waals surface area contributed by atoms with Crippen molar-refractivity contribution in [1.82, 2.24) is 4.98 Å². The maximum Gasteiger partial charge on any atom is 0.257 e. The van der Waals surface area contributed by atoms with Crippen LogP contribution in [0.15, 0.2) is 47.8 Å². The molecular weight excluding hydrogens is 328 g/mol. The molecule has 1 aromatic heterocycles. The van der Waals surface area contributed by atoms with Crippen LogP contribution >= 0.6 is 22.9 Å². The van der Waals surface area contributed by atoms with Crippen LogP contribution in [0.4, 0.5) is 5.69 Å². The molecule has 2 aromatic carbocycles. The zero-order valence-electron chi connectivity index (χ0n) is 12.8. The molecule has 3 rings (SSSR count). The van der Waals surface area contributed by atoms with Gasteiger partial charge in [0.1, 0.15) is 0 Å². The predicted molar refractivity (Wildman–Crippen MR) is 96.4 cm³/mol. The van der Waals surface area contributed by atoms with Gasteiger partial charge in [-0.05, 0) is 43.7 Å². The van der Waals surface area contributed by atoms with Crippen LogP contribution in [0.2, 0.25) is 5.02 Å². The summed E-state index contributed by atoms with van der Waals surface area (Å²) < 4.78 is 0. The maximum absolute atomic E-state index is 12.4. The summed E-state index contributed by atoms with van der Waals surface area (Å²) in [4.78, 5) is 16.9. The summed E-state index contributed by atoms with van der Waals surface area (Å²) in [6.07, 6.45) is 0. The van der Waals surface area contributed by atoms with Crippen molar-refractivity contribution in [2.45, 2.75) is 13.8 Å². The number of aromatic nitrogens is 1. The van der Waals surface area contributed by atoms with E-state index in [1.807, 2.05) is 49.6 Å². The third-order valence-corrected chi connectivity index (χ3v) is 4.49. The minimum absolute atomic E-state index is 0.221. The fourth-order valence-electron chi connectivity index (χ4n) is 2.26. The van der Waals surface area contributed by atoms with Crippen LogP contribution in [0.5, 0.6) is 0 Å². The quantitative estimate of drug-likeness (QED) is 0.698. The summed E-state index contributed by atoms with van der Waals surface area (Å²) in [5.41, 5.74) is 4.09. The summed E-state index contributed by atoms with van der Waals surface area (Å²) in [5, 5.41) is 6.36. The molecule has 0 atom stereocenters. The summed E-state index contributed by atoms with van der Waals surface area (Å²) in [5.74, 6) is -0.221. The molecule has 0 aliphatic heterocycles. The van der Waals surface area contributed by atoms with Crippen molar-refractivity contribution >= 4 is 34.5 Å². The number of aryl methyl sites for hydroxylation is 2. The van der Waals surface area contributed by atoms with E-state index in [0.717, 1.165) is 27.5 Å². The number of nitrogens with one attached hydrogen (secondary N) is 1. The van der Waals surface area contributed by atoms with Crippen molar-refractivity contribution in [3.8, 4) is 11.3 Å². The lowest BCUT2D eigenvalue weighted by Crippen LogP contribution is -2.12. The molecule has 1 heterocycles. The Balaban J connectivity index is 1.84. The van der Waals surface area contributed by atoms with Gasteiger partial charge in [0.25, 0.3) is 5.91 Å². The van der Waals surface area contributed by atoms with Crippen molar-refractivity contribution < 1.29 is 4.79 Å². The average Bonchev–Trinajstić information content (AvgIpc) is 2.94. The van der Waals surface area contributed by atoms with Gasteiger partial charge < -0.3 is 5.32 Å². The largest absolute Gasteiger partial charge is 0.322 e. The molecule has 0 saturated carbocycles. The fraction of sp³-hybridized carbons (Fsp3) is 0.111. The Morgan fingerprint density at radius 2 is 2.00 bits per heavy atom. The number of carbonyl (C=O) groups excluding carboxylic acids is 1. The first-order valence-corrected chi connectivity index (χ1v) is 8.39. The Labute approximate surface area is 144 Å². The van der Waals surface area contributed by atoms with Crippen LogP contribution in [0.3, 0.4) is 0 Å². The molecule has 0 unspecified atom stereocenters. The Hall–Kier alpha value is -2.17. The number of benzene rings is 2. The lowest BCUT2D eigenvalue weighted by Gasteiger charge is -2.08. The maximum atomic E-state index is 12.4. The van der Waals surface area contributed by atoms with Crippen molar-refractivity contribution in [1.29, 1.82) is 0 Å². The van der Waals surface area contributed by atoms with E-state index >= 15 is 0 Å². The molecule has 0 aliphatic rings. The van der Waals surface area contributed by atoms with Gasteiger partial charge in [0, 0.05) is 16.6 Å².